The zero-order chi connectivity index (χ0) is 15.6. The van der Waals surface area contributed by atoms with Crippen LogP contribution >= 0.6 is 27.7 Å². The standard InChI is InChI=1S/C13H14BrFN2O3S/c1-2-11-17(10(6-21-11)12(18)19)13(20)16-7-3-4-9(15)8(14)5-7/h3-5,10-11H,2,6H2,1H3,(H,16,20)(H,18,19). The SMILES string of the molecule is CCC1SCC(C(=O)O)N1C(=O)Nc1ccc(F)c(Br)c1. The van der Waals surface area contributed by atoms with Crippen LogP contribution in [-0.4, -0.2) is 39.2 Å². The first-order valence-electron chi connectivity index (χ1n) is 6.32. The number of urea groups is 1. The van der Waals surface area contributed by atoms with Gasteiger partial charge in [-0.05, 0) is 40.5 Å². The fourth-order valence-corrected chi connectivity index (χ4v) is 3.83. The summed E-state index contributed by atoms with van der Waals surface area (Å²) in [5, 5.41) is 11.6. The van der Waals surface area contributed by atoms with Crippen LogP contribution in [0, 0.1) is 5.82 Å². The van der Waals surface area contributed by atoms with Crippen LogP contribution in [-0.2, 0) is 4.79 Å². The van der Waals surface area contributed by atoms with Crippen LogP contribution in [0.4, 0.5) is 14.9 Å². The summed E-state index contributed by atoms with van der Waals surface area (Å²) in [6.45, 7) is 1.90. The summed E-state index contributed by atoms with van der Waals surface area (Å²) in [5.41, 5.74) is 0.407. The van der Waals surface area contributed by atoms with E-state index in [0.29, 0.717) is 17.9 Å². The Morgan fingerprint density at radius 1 is 1.57 bits per heavy atom. The van der Waals surface area contributed by atoms with Crippen LogP contribution < -0.4 is 5.32 Å². The van der Waals surface area contributed by atoms with Crippen molar-refractivity contribution in [3.8, 4) is 0 Å². The van der Waals surface area contributed by atoms with Crippen LogP contribution in [0.5, 0.6) is 0 Å². The van der Waals surface area contributed by atoms with Gasteiger partial charge in [-0.3, -0.25) is 4.90 Å². The van der Waals surface area contributed by atoms with Crippen molar-refractivity contribution in [2.75, 3.05) is 11.1 Å². The Bertz CT molecular complexity index is 572. The lowest BCUT2D eigenvalue weighted by Gasteiger charge is -2.26. The zero-order valence-electron chi connectivity index (χ0n) is 11.2. The molecule has 2 atom stereocenters. The maximum Gasteiger partial charge on any atom is 0.327 e. The number of amides is 2. The molecule has 0 spiro atoms. The van der Waals surface area contributed by atoms with Crippen molar-refractivity contribution in [3.63, 3.8) is 0 Å². The van der Waals surface area contributed by atoms with Gasteiger partial charge in [-0.25, -0.2) is 14.0 Å². The molecule has 1 aliphatic heterocycles. The molecular weight excluding hydrogens is 363 g/mol. The highest BCUT2D eigenvalue weighted by Crippen LogP contribution is 2.32. The van der Waals surface area contributed by atoms with E-state index in [4.69, 9.17) is 0 Å². The van der Waals surface area contributed by atoms with Crippen molar-refractivity contribution >= 4 is 45.4 Å². The molecule has 2 N–H and O–H groups in total. The molecule has 2 amide bonds. The molecule has 0 bridgehead atoms. The van der Waals surface area contributed by atoms with Gasteiger partial charge in [0.05, 0.1) is 9.85 Å². The molecule has 0 aromatic heterocycles. The maximum absolute atomic E-state index is 13.2. The maximum atomic E-state index is 13.2. The largest absolute Gasteiger partial charge is 0.480 e. The van der Waals surface area contributed by atoms with Crippen LogP contribution in [0.3, 0.4) is 0 Å². The quantitative estimate of drug-likeness (QED) is 0.848. The Hall–Kier alpha value is -1.28. The van der Waals surface area contributed by atoms with Crippen LogP contribution in [0.2, 0.25) is 0 Å². The lowest BCUT2D eigenvalue weighted by molar-refractivity contribution is -0.141. The van der Waals surface area contributed by atoms with Crippen LogP contribution in [0.1, 0.15) is 13.3 Å². The second kappa shape index (κ2) is 6.65. The number of rotatable bonds is 3. The van der Waals surface area contributed by atoms with Gasteiger partial charge in [-0.2, -0.15) is 0 Å². The summed E-state index contributed by atoms with van der Waals surface area (Å²) in [5.74, 6) is -1.08. The van der Waals surface area contributed by atoms with E-state index in [1.807, 2.05) is 6.92 Å². The summed E-state index contributed by atoms with van der Waals surface area (Å²) < 4.78 is 13.4. The molecule has 1 heterocycles. The number of benzene rings is 1. The Balaban J connectivity index is 2.16. The molecule has 8 heteroatoms. The first kappa shape index (κ1) is 16.1. The van der Waals surface area contributed by atoms with Gasteiger partial charge < -0.3 is 10.4 Å². The van der Waals surface area contributed by atoms with E-state index < -0.39 is 23.9 Å². The summed E-state index contributed by atoms with van der Waals surface area (Å²) in [6.07, 6.45) is 0.662. The van der Waals surface area contributed by atoms with Crippen LogP contribution in [0.25, 0.3) is 0 Å². The van der Waals surface area contributed by atoms with Gasteiger partial charge in [0.15, 0.2) is 0 Å². The molecule has 1 fully saturated rings. The molecule has 21 heavy (non-hydrogen) atoms. The molecule has 1 aliphatic rings. The van der Waals surface area contributed by atoms with Gasteiger partial charge in [-0.1, -0.05) is 6.92 Å². The number of anilines is 1. The predicted octanol–water partition coefficient (Wildman–Crippen LogP) is 3.36. The molecule has 2 unspecified atom stereocenters. The molecule has 1 saturated heterocycles. The van der Waals surface area contributed by atoms with Gasteiger partial charge in [-0.15, -0.1) is 11.8 Å². The van der Waals surface area contributed by atoms with Crippen molar-refractivity contribution in [2.45, 2.75) is 24.8 Å². The Kier molecular flexibility index (Phi) is 5.10. The normalized spacial score (nSPS) is 21.4. The number of halogens is 2. The topological polar surface area (TPSA) is 69.6 Å². The van der Waals surface area contributed by atoms with Gasteiger partial charge in [0.1, 0.15) is 11.9 Å². The third-order valence-corrected chi connectivity index (χ3v) is 5.19. The van der Waals surface area contributed by atoms with E-state index in [1.54, 1.807) is 0 Å². The first-order valence-corrected chi connectivity index (χ1v) is 8.17. The summed E-state index contributed by atoms with van der Waals surface area (Å²) in [6, 6.07) is 2.76. The van der Waals surface area contributed by atoms with Gasteiger partial charge in [0.2, 0.25) is 0 Å². The Morgan fingerprint density at radius 3 is 2.86 bits per heavy atom. The second-order valence-electron chi connectivity index (χ2n) is 4.52. The lowest BCUT2D eigenvalue weighted by atomic mass is 10.2. The molecule has 114 valence electrons. The molecule has 2 rings (SSSR count). The smallest absolute Gasteiger partial charge is 0.327 e. The number of nitrogens with one attached hydrogen (secondary N) is 1. The van der Waals surface area contributed by atoms with E-state index in [9.17, 15) is 19.1 Å². The number of thioether (sulfide) groups is 1. The summed E-state index contributed by atoms with van der Waals surface area (Å²) >= 11 is 4.49. The lowest BCUT2D eigenvalue weighted by Crippen LogP contribution is -2.47. The number of carbonyl (C=O) groups excluding carboxylic acids is 1. The van der Waals surface area contributed by atoms with Crippen molar-refractivity contribution in [3.05, 3.63) is 28.5 Å². The number of carboxylic acid groups (broad SMARTS) is 1. The fraction of sp³-hybridized carbons (Fsp3) is 0.385. The molecule has 1 aromatic carbocycles. The number of hydrogen-bond donors (Lipinski definition) is 2. The fourth-order valence-electron chi connectivity index (χ4n) is 2.10. The van der Waals surface area contributed by atoms with Gasteiger partial charge in [0, 0.05) is 11.4 Å². The Labute approximate surface area is 134 Å². The number of carboxylic acids is 1. The minimum atomic E-state index is -1.02. The zero-order valence-corrected chi connectivity index (χ0v) is 13.6. The van der Waals surface area contributed by atoms with E-state index >= 15 is 0 Å². The molecule has 0 aliphatic carbocycles. The van der Waals surface area contributed by atoms with Gasteiger partial charge in [0.25, 0.3) is 0 Å². The third-order valence-electron chi connectivity index (χ3n) is 3.13. The highest BCUT2D eigenvalue weighted by atomic mass is 79.9. The Morgan fingerprint density at radius 2 is 2.29 bits per heavy atom. The number of carbonyl (C=O) groups is 2. The highest BCUT2D eigenvalue weighted by molar-refractivity contribution is 9.10. The predicted molar refractivity (Wildman–Crippen MR) is 82.9 cm³/mol. The van der Waals surface area contributed by atoms with Gasteiger partial charge >= 0.3 is 12.0 Å². The molecule has 5 nitrogen and oxygen atoms in total. The average molecular weight is 377 g/mol. The number of aliphatic carboxylic acids is 1. The summed E-state index contributed by atoms with van der Waals surface area (Å²) in [4.78, 5) is 24.9. The average Bonchev–Trinajstić information content (AvgIpc) is 2.87. The molecule has 0 radical (unpaired) electrons. The van der Waals surface area contributed by atoms with Crippen LogP contribution in [0.15, 0.2) is 22.7 Å². The monoisotopic (exact) mass is 376 g/mol. The number of nitrogens with zero attached hydrogens (tertiary/aromatic N) is 1. The third kappa shape index (κ3) is 3.49. The molecule has 1 aromatic rings. The van der Waals surface area contributed by atoms with E-state index in [-0.39, 0.29) is 9.85 Å². The van der Waals surface area contributed by atoms with E-state index in [0.717, 1.165) is 0 Å². The van der Waals surface area contributed by atoms with Crippen molar-refractivity contribution in [1.82, 2.24) is 4.90 Å². The van der Waals surface area contributed by atoms with Crippen molar-refractivity contribution < 1.29 is 19.1 Å². The number of hydrogen-bond acceptors (Lipinski definition) is 3. The minimum absolute atomic E-state index is 0.171. The van der Waals surface area contributed by atoms with Crippen molar-refractivity contribution in [1.29, 1.82) is 0 Å². The van der Waals surface area contributed by atoms with E-state index in [1.165, 1.54) is 34.9 Å². The first-order chi connectivity index (χ1) is 9.93. The summed E-state index contributed by atoms with van der Waals surface area (Å²) in [7, 11) is 0. The molecule has 0 saturated carbocycles. The van der Waals surface area contributed by atoms with Crippen molar-refractivity contribution in [2.24, 2.45) is 0 Å². The second-order valence-corrected chi connectivity index (χ2v) is 6.58. The highest BCUT2D eigenvalue weighted by Gasteiger charge is 2.40. The minimum Gasteiger partial charge on any atom is -0.480 e. The van der Waals surface area contributed by atoms with E-state index in [2.05, 4.69) is 21.2 Å². The molecular formula is C13H14BrFN2O3S.